The number of hydrogen-bond donors (Lipinski definition) is 1. The Labute approximate surface area is 83.6 Å². The zero-order chi connectivity index (χ0) is 10.6. The van der Waals surface area contributed by atoms with E-state index < -0.39 is 0 Å². The van der Waals surface area contributed by atoms with Crippen molar-refractivity contribution in [1.82, 2.24) is 0 Å². The predicted molar refractivity (Wildman–Crippen MR) is 56.0 cm³/mol. The number of nitrogens with one attached hydrogen (secondary N) is 1. The van der Waals surface area contributed by atoms with Crippen molar-refractivity contribution in [3.8, 4) is 0 Å². The van der Waals surface area contributed by atoms with E-state index in [0.29, 0.717) is 0 Å². The van der Waals surface area contributed by atoms with E-state index in [-0.39, 0.29) is 12.5 Å². The van der Waals surface area contributed by atoms with Crippen LogP contribution in [0.5, 0.6) is 0 Å². The second-order valence-electron chi connectivity index (χ2n) is 3.18. The number of aryl methyl sites for hydroxylation is 2. The van der Waals surface area contributed by atoms with Crippen molar-refractivity contribution in [1.29, 1.82) is 0 Å². The van der Waals surface area contributed by atoms with Crippen LogP contribution in [0.2, 0.25) is 0 Å². The number of nitrogens with zero attached hydrogens (tertiary/aromatic N) is 1. The highest BCUT2D eigenvalue weighted by molar-refractivity contribution is 5.93. The van der Waals surface area contributed by atoms with E-state index in [9.17, 15) is 4.79 Å². The summed E-state index contributed by atoms with van der Waals surface area (Å²) in [5, 5.41) is 2.70. The van der Waals surface area contributed by atoms with Gasteiger partial charge in [0.15, 0.2) is 0 Å². The summed E-state index contributed by atoms with van der Waals surface area (Å²) in [5.41, 5.74) is 2.89. The zero-order valence-electron chi connectivity index (χ0n) is 8.29. The molecule has 0 spiro atoms. The topological polar surface area (TPSA) is 33.5 Å². The molecular formula is C11H12N2O. The molecule has 1 amide bonds. The van der Waals surface area contributed by atoms with Crippen LogP contribution in [0, 0.1) is 20.4 Å². The summed E-state index contributed by atoms with van der Waals surface area (Å²) >= 11 is 0. The predicted octanol–water partition coefficient (Wildman–Crippen LogP) is 2.16. The largest absolute Gasteiger partial charge is 0.319 e. The lowest BCUT2D eigenvalue weighted by Crippen LogP contribution is -2.14. The van der Waals surface area contributed by atoms with E-state index in [4.69, 9.17) is 6.57 Å². The summed E-state index contributed by atoms with van der Waals surface area (Å²) in [4.78, 5) is 14.2. The van der Waals surface area contributed by atoms with E-state index >= 15 is 0 Å². The van der Waals surface area contributed by atoms with Crippen molar-refractivity contribution in [2.75, 3.05) is 11.9 Å². The molecule has 14 heavy (non-hydrogen) atoms. The number of rotatable bonds is 2. The zero-order valence-corrected chi connectivity index (χ0v) is 8.29. The molecule has 0 unspecified atom stereocenters. The van der Waals surface area contributed by atoms with E-state index in [2.05, 4.69) is 10.2 Å². The minimum atomic E-state index is -0.256. The van der Waals surface area contributed by atoms with Gasteiger partial charge in [0.2, 0.25) is 0 Å². The molecule has 0 aliphatic carbocycles. The standard InChI is InChI=1S/C11H12N2O/c1-8-4-5-9(2)10(6-8)13-11(14)7-12-3/h4-6H,7H2,1-2H3,(H,13,14). The van der Waals surface area contributed by atoms with Crippen LogP contribution in [0.15, 0.2) is 18.2 Å². The first-order chi connectivity index (χ1) is 6.63. The molecular weight excluding hydrogens is 176 g/mol. The van der Waals surface area contributed by atoms with Crippen LogP contribution in [0.1, 0.15) is 11.1 Å². The molecule has 1 aromatic carbocycles. The Morgan fingerprint density at radius 1 is 1.50 bits per heavy atom. The third-order valence-electron chi connectivity index (χ3n) is 1.89. The van der Waals surface area contributed by atoms with Crippen molar-refractivity contribution in [3.63, 3.8) is 0 Å². The third-order valence-corrected chi connectivity index (χ3v) is 1.89. The Hall–Kier alpha value is -1.82. The maximum atomic E-state index is 11.2. The molecule has 0 heterocycles. The quantitative estimate of drug-likeness (QED) is 0.709. The van der Waals surface area contributed by atoms with Gasteiger partial charge in [0.05, 0.1) is 0 Å². The lowest BCUT2D eigenvalue weighted by Gasteiger charge is -2.06. The first-order valence-electron chi connectivity index (χ1n) is 4.34. The van der Waals surface area contributed by atoms with Crippen molar-refractivity contribution >= 4 is 11.6 Å². The number of carbonyl (C=O) groups excluding carboxylic acids is 1. The minimum absolute atomic E-state index is 0.118. The Balaban J connectivity index is 2.81. The fraction of sp³-hybridized carbons (Fsp3) is 0.273. The van der Waals surface area contributed by atoms with Gasteiger partial charge in [0.1, 0.15) is 0 Å². The van der Waals surface area contributed by atoms with Gasteiger partial charge >= 0.3 is 5.91 Å². The molecule has 0 aromatic heterocycles. The van der Waals surface area contributed by atoms with Gasteiger partial charge < -0.3 is 10.2 Å². The highest BCUT2D eigenvalue weighted by atomic mass is 16.1. The molecule has 0 saturated heterocycles. The smallest absolute Gasteiger partial charge is 0.304 e. The maximum Gasteiger partial charge on any atom is 0.304 e. The summed E-state index contributed by atoms with van der Waals surface area (Å²) in [6.07, 6.45) is 0. The lowest BCUT2D eigenvalue weighted by molar-refractivity contribution is -0.114. The first kappa shape index (κ1) is 10.3. The van der Waals surface area contributed by atoms with Gasteiger partial charge in [0, 0.05) is 5.69 Å². The molecule has 0 radical (unpaired) electrons. The molecule has 1 N–H and O–H groups in total. The highest BCUT2D eigenvalue weighted by Crippen LogP contribution is 2.15. The van der Waals surface area contributed by atoms with Crippen molar-refractivity contribution < 1.29 is 4.79 Å². The van der Waals surface area contributed by atoms with E-state index in [0.717, 1.165) is 16.8 Å². The summed E-state index contributed by atoms with van der Waals surface area (Å²) in [5.74, 6) is -0.256. The van der Waals surface area contributed by atoms with Gasteiger partial charge in [-0.25, -0.2) is 6.57 Å². The van der Waals surface area contributed by atoms with E-state index in [1.54, 1.807) is 0 Å². The average molecular weight is 188 g/mol. The monoisotopic (exact) mass is 188 g/mol. The van der Waals surface area contributed by atoms with Crippen molar-refractivity contribution in [2.45, 2.75) is 13.8 Å². The van der Waals surface area contributed by atoms with Gasteiger partial charge in [0.25, 0.3) is 6.54 Å². The maximum absolute atomic E-state index is 11.2. The first-order valence-corrected chi connectivity index (χ1v) is 4.34. The summed E-state index contributed by atoms with van der Waals surface area (Å²) < 4.78 is 0. The molecule has 72 valence electrons. The van der Waals surface area contributed by atoms with Crippen molar-refractivity contribution in [3.05, 3.63) is 40.7 Å². The molecule has 3 heteroatoms. The highest BCUT2D eigenvalue weighted by Gasteiger charge is 2.06. The molecule has 0 bridgehead atoms. The molecule has 0 aliphatic heterocycles. The second kappa shape index (κ2) is 4.43. The second-order valence-corrected chi connectivity index (χ2v) is 3.18. The number of benzene rings is 1. The van der Waals surface area contributed by atoms with Gasteiger partial charge in [-0.3, -0.25) is 4.79 Å². The Morgan fingerprint density at radius 3 is 2.86 bits per heavy atom. The fourth-order valence-electron chi connectivity index (χ4n) is 1.13. The molecule has 0 fully saturated rings. The number of hydrogen-bond acceptors (Lipinski definition) is 1. The minimum Gasteiger partial charge on any atom is -0.319 e. The van der Waals surface area contributed by atoms with Crippen molar-refractivity contribution in [2.24, 2.45) is 0 Å². The fourth-order valence-corrected chi connectivity index (χ4v) is 1.13. The van der Waals surface area contributed by atoms with Crippen LogP contribution < -0.4 is 5.32 Å². The average Bonchev–Trinajstić information content (AvgIpc) is 2.12. The Bertz CT molecular complexity index is 391. The van der Waals surface area contributed by atoms with Crippen LogP contribution in [0.4, 0.5) is 5.69 Å². The van der Waals surface area contributed by atoms with E-state index in [1.807, 2.05) is 32.0 Å². The molecule has 0 saturated carbocycles. The molecule has 3 nitrogen and oxygen atoms in total. The van der Waals surface area contributed by atoms with E-state index in [1.165, 1.54) is 0 Å². The summed E-state index contributed by atoms with van der Waals surface area (Å²) in [6.45, 7) is 10.3. The van der Waals surface area contributed by atoms with Crippen LogP contribution >= 0.6 is 0 Å². The lowest BCUT2D eigenvalue weighted by atomic mass is 10.1. The number of carbonyl (C=O) groups is 1. The molecule has 1 aromatic rings. The Morgan fingerprint density at radius 2 is 2.21 bits per heavy atom. The summed E-state index contributed by atoms with van der Waals surface area (Å²) in [6, 6.07) is 5.83. The van der Waals surface area contributed by atoms with Crippen LogP contribution in [-0.4, -0.2) is 12.5 Å². The van der Waals surface area contributed by atoms with Crippen LogP contribution in [0.3, 0.4) is 0 Å². The Kier molecular flexibility index (Phi) is 3.24. The van der Waals surface area contributed by atoms with Gasteiger partial charge in [-0.2, -0.15) is 0 Å². The third kappa shape index (κ3) is 2.60. The number of amides is 1. The normalized spacial score (nSPS) is 9.21. The molecule has 1 rings (SSSR count). The number of anilines is 1. The van der Waals surface area contributed by atoms with Gasteiger partial charge in [-0.05, 0) is 31.0 Å². The van der Waals surface area contributed by atoms with Crippen LogP contribution in [-0.2, 0) is 4.79 Å². The molecule has 0 aliphatic rings. The SMILES string of the molecule is [C-]#[N+]CC(=O)Nc1cc(C)ccc1C. The molecule has 0 atom stereocenters. The van der Waals surface area contributed by atoms with Gasteiger partial charge in [-0.1, -0.05) is 12.1 Å². The van der Waals surface area contributed by atoms with Crippen LogP contribution in [0.25, 0.3) is 4.85 Å². The summed E-state index contributed by atoms with van der Waals surface area (Å²) in [7, 11) is 0. The van der Waals surface area contributed by atoms with Gasteiger partial charge in [-0.15, -0.1) is 0 Å².